The van der Waals surface area contributed by atoms with E-state index >= 15 is 0 Å². The van der Waals surface area contributed by atoms with E-state index in [1.807, 2.05) is 11.3 Å². The fourth-order valence-electron chi connectivity index (χ4n) is 2.76. The van der Waals surface area contributed by atoms with Gasteiger partial charge >= 0.3 is 0 Å². The van der Waals surface area contributed by atoms with Crippen molar-refractivity contribution in [3.63, 3.8) is 0 Å². The van der Waals surface area contributed by atoms with E-state index in [1.54, 1.807) is 0 Å². The molecule has 21 heavy (non-hydrogen) atoms. The van der Waals surface area contributed by atoms with Gasteiger partial charge in [-0.3, -0.25) is 0 Å². The molecule has 3 rings (SSSR count). The summed E-state index contributed by atoms with van der Waals surface area (Å²) in [6.07, 6.45) is 2.68. The van der Waals surface area contributed by atoms with Crippen LogP contribution in [-0.4, -0.2) is 35.6 Å². The first-order valence-corrected chi connectivity index (χ1v) is 10.2. The molecular weight excluding hydrogens is 298 g/mol. The highest BCUT2D eigenvalue weighted by Gasteiger charge is 2.31. The predicted octanol–water partition coefficient (Wildman–Crippen LogP) is 3.71. The van der Waals surface area contributed by atoms with Gasteiger partial charge in [0.15, 0.2) is 5.13 Å². The minimum atomic E-state index is 0.624. The Balaban J connectivity index is 1.72. The van der Waals surface area contributed by atoms with Gasteiger partial charge in [0.05, 0.1) is 5.69 Å². The summed E-state index contributed by atoms with van der Waals surface area (Å²) in [6, 6.07) is 0.624. The quantitative estimate of drug-likeness (QED) is 0.863. The van der Waals surface area contributed by atoms with Gasteiger partial charge in [-0.15, -0.1) is 11.3 Å². The molecule has 2 heterocycles. The minimum absolute atomic E-state index is 0.624. The number of rotatable bonds is 6. The first-order chi connectivity index (χ1) is 10.1. The Morgan fingerprint density at radius 2 is 2.19 bits per heavy atom. The van der Waals surface area contributed by atoms with Gasteiger partial charge in [0.25, 0.3) is 0 Å². The van der Waals surface area contributed by atoms with E-state index in [-0.39, 0.29) is 0 Å². The van der Waals surface area contributed by atoms with Crippen LogP contribution in [0, 0.1) is 5.92 Å². The number of nitrogens with one attached hydrogen (secondary N) is 1. The van der Waals surface area contributed by atoms with E-state index in [9.17, 15) is 0 Å². The van der Waals surface area contributed by atoms with E-state index in [4.69, 9.17) is 4.98 Å². The standard InChI is InChI=1S/C16H27N3S2/c1-11(2)8-17-9-14-15(13-4-5-13)18-16(21-14)19-6-7-20-10-12(19)3/h11-13,17H,4-10H2,1-3H3. The van der Waals surface area contributed by atoms with Gasteiger partial charge in [-0.2, -0.15) is 11.8 Å². The molecule has 1 N–H and O–H groups in total. The van der Waals surface area contributed by atoms with Crippen molar-refractivity contribution >= 4 is 28.2 Å². The lowest BCUT2D eigenvalue weighted by Crippen LogP contribution is -2.40. The molecule has 0 aromatic carbocycles. The highest BCUT2D eigenvalue weighted by Crippen LogP contribution is 2.44. The summed E-state index contributed by atoms with van der Waals surface area (Å²) in [6.45, 7) is 10.1. The van der Waals surface area contributed by atoms with E-state index < -0.39 is 0 Å². The number of anilines is 1. The second-order valence-electron chi connectivity index (χ2n) is 6.72. The summed E-state index contributed by atoms with van der Waals surface area (Å²) >= 11 is 4.00. The van der Waals surface area contributed by atoms with Crippen molar-refractivity contribution < 1.29 is 0 Å². The minimum Gasteiger partial charge on any atom is -0.344 e. The lowest BCUT2D eigenvalue weighted by molar-refractivity contribution is 0.553. The van der Waals surface area contributed by atoms with Gasteiger partial charge in [0.1, 0.15) is 0 Å². The van der Waals surface area contributed by atoms with Crippen LogP contribution >= 0.6 is 23.1 Å². The van der Waals surface area contributed by atoms with Crippen LogP contribution in [0.1, 0.15) is 50.1 Å². The Hall–Kier alpha value is -0.260. The van der Waals surface area contributed by atoms with Crippen LogP contribution in [0.15, 0.2) is 0 Å². The van der Waals surface area contributed by atoms with Crippen molar-refractivity contribution in [1.29, 1.82) is 0 Å². The molecule has 0 amide bonds. The van der Waals surface area contributed by atoms with Crippen molar-refractivity contribution in [2.75, 3.05) is 29.5 Å². The third kappa shape index (κ3) is 3.93. The van der Waals surface area contributed by atoms with Crippen molar-refractivity contribution in [2.24, 2.45) is 5.92 Å². The first-order valence-electron chi connectivity index (χ1n) is 8.20. The van der Waals surface area contributed by atoms with Crippen molar-refractivity contribution in [2.45, 2.75) is 52.1 Å². The van der Waals surface area contributed by atoms with Gasteiger partial charge < -0.3 is 10.2 Å². The third-order valence-electron chi connectivity index (χ3n) is 4.13. The zero-order valence-corrected chi connectivity index (χ0v) is 15.0. The van der Waals surface area contributed by atoms with Crippen LogP contribution in [0.4, 0.5) is 5.13 Å². The number of thioether (sulfide) groups is 1. The number of hydrogen-bond donors (Lipinski definition) is 1. The average molecular weight is 326 g/mol. The van der Waals surface area contributed by atoms with Gasteiger partial charge in [-0.1, -0.05) is 13.8 Å². The molecule has 5 heteroatoms. The van der Waals surface area contributed by atoms with Crippen LogP contribution in [0.25, 0.3) is 0 Å². The number of hydrogen-bond acceptors (Lipinski definition) is 5. The summed E-state index contributed by atoms with van der Waals surface area (Å²) in [5, 5.41) is 4.87. The molecule has 0 spiro atoms. The average Bonchev–Trinajstić information content (AvgIpc) is 3.21. The molecule has 1 saturated heterocycles. The molecule has 1 saturated carbocycles. The number of thiazole rings is 1. The number of nitrogens with zero attached hydrogens (tertiary/aromatic N) is 2. The molecule has 2 fully saturated rings. The van der Waals surface area contributed by atoms with E-state index in [0.29, 0.717) is 12.0 Å². The molecule has 1 aromatic heterocycles. The zero-order valence-electron chi connectivity index (χ0n) is 13.4. The zero-order chi connectivity index (χ0) is 14.8. The normalized spacial score (nSPS) is 23.0. The van der Waals surface area contributed by atoms with Crippen molar-refractivity contribution in [3.8, 4) is 0 Å². The lowest BCUT2D eigenvalue weighted by Gasteiger charge is -2.32. The molecule has 118 valence electrons. The lowest BCUT2D eigenvalue weighted by atomic mass is 10.2. The van der Waals surface area contributed by atoms with E-state index in [2.05, 4.69) is 42.7 Å². The molecule has 0 radical (unpaired) electrons. The maximum Gasteiger partial charge on any atom is 0.186 e. The molecule has 3 nitrogen and oxygen atoms in total. The summed E-state index contributed by atoms with van der Waals surface area (Å²) < 4.78 is 0. The van der Waals surface area contributed by atoms with Gasteiger partial charge in [0.2, 0.25) is 0 Å². The van der Waals surface area contributed by atoms with Crippen LogP contribution < -0.4 is 10.2 Å². The van der Waals surface area contributed by atoms with Crippen LogP contribution in [0.2, 0.25) is 0 Å². The largest absolute Gasteiger partial charge is 0.344 e. The van der Waals surface area contributed by atoms with Crippen LogP contribution in [0.3, 0.4) is 0 Å². The predicted molar refractivity (Wildman–Crippen MR) is 94.8 cm³/mol. The molecule has 1 aromatic rings. The fourth-order valence-corrected chi connectivity index (χ4v) is 5.02. The molecule has 0 bridgehead atoms. The molecule has 2 aliphatic rings. The topological polar surface area (TPSA) is 28.2 Å². The second-order valence-corrected chi connectivity index (χ2v) is 8.93. The van der Waals surface area contributed by atoms with Gasteiger partial charge in [-0.05, 0) is 32.2 Å². The van der Waals surface area contributed by atoms with Gasteiger partial charge in [0, 0.05) is 41.4 Å². The molecule has 1 aliphatic heterocycles. The van der Waals surface area contributed by atoms with E-state index in [0.717, 1.165) is 25.6 Å². The van der Waals surface area contributed by atoms with Crippen molar-refractivity contribution in [3.05, 3.63) is 10.6 Å². The first kappa shape index (κ1) is 15.6. The highest BCUT2D eigenvalue weighted by molar-refractivity contribution is 7.99. The van der Waals surface area contributed by atoms with Crippen LogP contribution in [-0.2, 0) is 6.54 Å². The maximum absolute atomic E-state index is 5.04. The Kier molecular flexibility index (Phi) is 5.12. The third-order valence-corrected chi connectivity index (χ3v) is 6.43. The monoisotopic (exact) mass is 325 g/mol. The SMILES string of the molecule is CC(C)CNCc1sc(N2CCSCC2C)nc1C1CC1. The molecular formula is C16H27N3S2. The summed E-state index contributed by atoms with van der Waals surface area (Å²) in [7, 11) is 0. The Labute approximate surface area is 136 Å². The van der Waals surface area contributed by atoms with Crippen LogP contribution in [0.5, 0.6) is 0 Å². The summed E-state index contributed by atoms with van der Waals surface area (Å²) in [4.78, 5) is 9.05. The highest BCUT2D eigenvalue weighted by atomic mass is 32.2. The fraction of sp³-hybridized carbons (Fsp3) is 0.812. The molecule has 1 unspecified atom stereocenters. The number of aromatic nitrogens is 1. The second kappa shape index (κ2) is 6.88. The summed E-state index contributed by atoms with van der Waals surface area (Å²) in [5.74, 6) is 3.93. The smallest absolute Gasteiger partial charge is 0.186 e. The molecule has 1 atom stereocenters. The van der Waals surface area contributed by atoms with Crippen molar-refractivity contribution in [1.82, 2.24) is 10.3 Å². The Morgan fingerprint density at radius 3 is 2.86 bits per heavy atom. The Morgan fingerprint density at radius 1 is 1.38 bits per heavy atom. The van der Waals surface area contributed by atoms with E-state index in [1.165, 1.54) is 40.0 Å². The summed E-state index contributed by atoms with van der Waals surface area (Å²) in [5.41, 5.74) is 1.40. The van der Waals surface area contributed by atoms with Gasteiger partial charge in [-0.25, -0.2) is 4.98 Å². The molecule has 1 aliphatic carbocycles. The Bertz CT molecular complexity index is 468. The maximum atomic E-state index is 5.04.